The molecule has 1 aliphatic rings. The summed E-state index contributed by atoms with van der Waals surface area (Å²) in [5, 5.41) is 13.6. The molecule has 0 spiro atoms. The van der Waals surface area contributed by atoms with Crippen molar-refractivity contribution in [2.45, 2.75) is 38.0 Å². The lowest BCUT2D eigenvalue weighted by Crippen LogP contribution is -2.43. The Morgan fingerprint density at radius 2 is 2.25 bits per heavy atom. The fourth-order valence-electron chi connectivity index (χ4n) is 2.30. The number of carboxylic acid groups (broad SMARTS) is 1. The minimum atomic E-state index is -0.960. The molecule has 0 saturated carbocycles. The van der Waals surface area contributed by atoms with Gasteiger partial charge in [0.1, 0.15) is 11.3 Å². The first kappa shape index (κ1) is 15.4. The van der Waals surface area contributed by atoms with Crippen LogP contribution in [-0.2, 0) is 16.0 Å². The van der Waals surface area contributed by atoms with Crippen molar-refractivity contribution in [3.05, 3.63) is 21.9 Å². The van der Waals surface area contributed by atoms with E-state index in [1.54, 1.807) is 23.1 Å². The van der Waals surface area contributed by atoms with Crippen molar-refractivity contribution < 1.29 is 14.7 Å². The zero-order valence-electron chi connectivity index (χ0n) is 11.6. The largest absolute Gasteiger partial charge is 0.480 e. The molecule has 1 aromatic rings. The SMILES string of the molecule is CC(C)C[C@@H](NC(=O)C1SCCc2sccc21)C(=O)O. The van der Waals surface area contributed by atoms with Crippen molar-refractivity contribution in [3.63, 3.8) is 0 Å². The standard InChI is InChI=1S/C14H19NO3S2/c1-8(2)7-10(14(17)18)15-13(16)12-9-3-5-19-11(9)4-6-20-12/h3,5,8,10,12H,4,6-7H2,1-2H3,(H,15,16)(H,17,18)/t10-,12?/m1/s1. The van der Waals surface area contributed by atoms with Crippen LogP contribution in [0.25, 0.3) is 0 Å². The molecule has 0 fully saturated rings. The Balaban J connectivity index is 2.07. The Hall–Kier alpha value is -1.01. The summed E-state index contributed by atoms with van der Waals surface area (Å²) in [7, 11) is 0. The molecule has 1 aliphatic heterocycles. The van der Waals surface area contributed by atoms with Gasteiger partial charge in [-0.3, -0.25) is 4.79 Å². The Kier molecular flexibility index (Phi) is 5.10. The number of thiophene rings is 1. The number of aliphatic carboxylic acids is 1. The van der Waals surface area contributed by atoms with Crippen molar-refractivity contribution in [3.8, 4) is 0 Å². The van der Waals surface area contributed by atoms with Gasteiger partial charge in [-0.2, -0.15) is 0 Å². The average Bonchev–Trinajstić information content (AvgIpc) is 2.84. The van der Waals surface area contributed by atoms with Crippen LogP contribution in [0.5, 0.6) is 0 Å². The van der Waals surface area contributed by atoms with Gasteiger partial charge in [0.2, 0.25) is 5.91 Å². The maximum Gasteiger partial charge on any atom is 0.326 e. The number of rotatable bonds is 5. The minimum absolute atomic E-state index is 0.178. The third kappa shape index (κ3) is 3.55. The second-order valence-electron chi connectivity index (χ2n) is 5.33. The number of thioether (sulfide) groups is 1. The van der Waals surface area contributed by atoms with E-state index in [0.29, 0.717) is 6.42 Å². The lowest BCUT2D eigenvalue weighted by molar-refractivity contribution is -0.142. The van der Waals surface area contributed by atoms with E-state index in [1.165, 1.54) is 4.88 Å². The van der Waals surface area contributed by atoms with Crippen LogP contribution in [0.2, 0.25) is 0 Å². The number of carboxylic acids is 1. The number of fused-ring (bicyclic) bond motifs is 1. The van der Waals surface area contributed by atoms with Crippen LogP contribution in [0.4, 0.5) is 0 Å². The molecular weight excluding hydrogens is 294 g/mol. The zero-order valence-corrected chi connectivity index (χ0v) is 13.2. The highest BCUT2D eigenvalue weighted by atomic mass is 32.2. The van der Waals surface area contributed by atoms with Gasteiger partial charge in [0.15, 0.2) is 0 Å². The number of hydrogen-bond donors (Lipinski definition) is 2. The first-order chi connectivity index (χ1) is 9.49. The summed E-state index contributed by atoms with van der Waals surface area (Å²) < 4.78 is 0. The molecule has 1 amide bonds. The molecular formula is C14H19NO3S2. The summed E-state index contributed by atoms with van der Waals surface area (Å²) in [5.74, 6) is 0.000902. The van der Waals surface area contributed by atoms with Crippen molar-refractivity contribution in [1.29, 1.82) is 0 Å². The van der Waals surface area contributed by atoms with Crippen LogP contribution in [0, 0.1) is 5.92 Å². The first-order valence-electron chi connectivity index (χ1n) is 6.70. The monoisotopic (exact) mass is 313 g/mol. The van der Waals surface area contributed by atoms with Crippen LogP contribution in [0.15, 0.2) is 11.4 Å². The van der Waals surface area contributed by atoms with E-state index >= 15 is 0 Å². The summed E-state index contributed by atoms with van der Waals surface area (Å²) in [6, 6.07) is 1.18. The predicted molar refractivity (Wildman–Crippen MR) is 82.2 cm³/mol. The minimum Gasteiger partial charge on any atom is -0.480 e. The summed E-state index contributed by atoms with van der Waals surface area (Å²) >= 11 is 3.27. The van der Waals surface area contributed by atoms with Gasteiger partial charge in [-0.05, 0) is 41.5 Å². The van der Waals surface area contributed by atoms with E-state index < -0.39 is 12.0 Å². The van der Waals surface area contributed by atoms with Crippen LogP contribution in [-0.4, -0.2) is 28.8 Å². The molecule has 20 heavy (non-hydrogen) atoms. The highest BCUT2D eigenvalue weighted by Gasteiger charge is 2.31. The average molecular weight is 313 g/mol. The van der Waals surface area contributed by atoms with Gasteiger partial charge in [-0.1, -0.05) is 13.8 Å². The summed E-state index contributed by atoms with van der Waals surface area (Å²) in [5.41, 5.74) is 1.05. The normalized spacial score (nSPS) is 19.4. The molecule has 1 aromatic heterocycles. The van der Waals surface area contributed by atoms with E-state index in [1.807, 2.05) is 25.3 Å². The van der Waals surface area contributed by atoms with Crippen LogP contribution in [0.1, 0.15) is 36.0 Å². The number of amides is 1. The molecule has 2 rings (SSSR count). The molecule has 0 radical (unpaired) electrons. The molecule has 0 aromatic carbocycles. The van der Waals surface area contributed by atoms with Crippen molar-refractivity contribution in [2.75, 3.05) is 5.75 Å². The van der Waals surface area contributed by atoms with Crippen molar-refractivity contribution in [2.24, 2.45) is 5.92 Å². The van der Waals surface area contributed by atoms with Crippen molar-refractivity contribution in [1.82, 2.24) is 5.32 Å². The maximum atomic E-state index is 12.4. The third-order valence-electron chi connectivity index (χ3n) is 3.24. The van der Waals surface area contributed by atoms with Crippen molar-refractivity contribution >= 4 is 35.0 Å². The van der Waals surface area contributed by atoms with E-state index in [4.69, 9.17) is 0 Å². The van der Waals surface area contributed by atoms with Gasteiger partial charge in [0, 0.05) is 4.88 Å². The molecule has 0 bridgehead atoms. The third-order valence-corrected chi connectivity index (χ3v) is 5.47. The van der Waals surface area contributed by atoms with Crippen LogP contribution >= 0.6 is 23.1 Å². The molecule has 0 aliphatic carbocycles. The molecule has 2 atom stereocenters. The topological polar surface area (TPSA) is 66.4 Å². The Bertz CT molecular complexity index is 498. The Morgan fingerprint density at radius 1 is 1.50 bits per heavy atom. The van der Waals surface area contributed by atoms with E-state index in [-0.39, 0.29) is 17.1 Å². The zero-order chi connectivity index (χ0) is 14.7. The number of hydrogen-bond acceptors (Lipinski definition) is 4. The number of aryl methyl sites for hydroxylation is 1. The van der Waals surface area contributed by atoms with E-state index in [9.17, 15) is 14.7 Å². The number of carbonyl (C=O) groups excluding carboxylic acids is 1. The second kappa shape index (κ2) is 6.63. The Morgan fingerprint density at radius 3 is 2.90 bits per heavy atom. The second-order valence-corrected chi connectivity index (χ2v) is 7.54. The summed E-state index contributed by atoms with van der Waals surface area (Å²) in [6.07, 6.45) is 1.45. The van der Waals surface area contributed by atoms with E-state index in [0.717, 1.165) is 17.7 Å². The van der Waals surface area contributed by atoms with Gasteiger partial charge in [-0.15, -0.1) is 23.1 Å². The highest BCUT2D eigenvalue weighted by molar-refractivity contribution is 8.00. The first-order valence-corrected chi connectivity index (χ1v) is 8.63. The van der Waals surface area contributed by atoms with Gasteiger partial charge < -0.3 is 10.4 Å². The van der Waals surface area contributed by atoms with Crippen LogP contribution in [0.3, 0.4) is 0 Å². The van der Waals surface area contributed by atoms with Crippen LogP contribution < -0.4 is 5.32 Å². The Labute approximate surface area is 127 Å². The quantitative estimate of drug-likeness (QED) is 0.877. The van der Waals surface area contributed by atoms with Gasteiger partial charge >= 0.3 is 5.97 Å². The van der Waals surface area contributed by atoms with Gasteiger partial charge in [-0.25, -0.2) is 4.79 Å². The van der Waals surface area contributed by atoms with Gasteiger partial charge in [0.25, 0.3) is 0 Å². The molecule has 1 unspecified atom stereocenters. The smallest absolute Gasteiger partial charge is 0.326 e. The lowest BCUT2D eigenvalue weighted by atomic mass is 10.0. The molecule has 6 heteroatoms. The van der Waals surface area contributed by atoms with Gasteiger partial charge in [0.05, 0.1) is 0 Å². The molecule has 2 heterocycles. The van der Waals surface area contributed by atoms with E-state index in [2.05, 4.69) is 5.32 Å². The molecule has 2 N–H and O–H groups in total. The predicted octanol–water partition coefficient (Wildman–Crippen LogP) is 2.69. The summed E-state index contributed by atoms with van der Waals surface area (Å²) in [6.45, 7) is 3.91. The fourth-order valence-corrected chi connectivity index (χ4v) is 4.61. The highest BCUT2D eigenvalue weighted by Crippen LogP contribution is 2.39. The fraction of sp³-hybridized carbons (Fsp3) is 0.571. The summed E-state index contributed by atoms with van der Waals surface area (Å²) in [4.78, 5) is 24.8. The number of nitrogens with one attached hydrogen (secondary N) is 1. The molecule has 110 valence electrons. The molecule has 0 saturated heterocycles. The number of carbonyl (C=O) groups is 2. The maximum absolute atomic E-state index is 12.4. The lowest BCUT2D eigenvalue weighted by Gasteiger charge is -2.24. The molecule has 4 nitrogen and oxygen atoms in total.